The highest BCUT2D eigenvalue weighted by Crippen LogP contribution is 2.24. The van der Waals surface area contributed by atoms with Crippen molar-refractivity contribution >= 4 is 16.0 Å². The van der Waals surface area contributed by atoms with Crippen LogP contribution in [0, 0.1) is 0 Å². The van der Waals surface area contributed by atoms with Crippen LogP contribution in [0.5, 0.6) is 5.75 Å². The van der Waals surface area contributed by atoms with E-state index in [2.05, 4.69) is 4.72 Å². The number of hydrogen-bond acceptors (Lipinski definition) is 5. The molecule has 1 aromatic rings. The number of rotatable bonds is 7. The number of carbonyl (C=O) groups is 1. The molecule has 0 unspecified atom stereocenters. The van der Waals surface area contributed by atoms with Crippen LogP contribution in [0.1, 0.15) is 37.0 Å². The largest absolute Gasteiger partial charge is 0.507 e. The summed E-state index contributed by atoms with van der Waals surface area (Å²) in [5, 5.41) is 27.7. The lowest BCUT2D eigenvalue weighted by atomic mass is 9.96. The second-order valence-corrected chi connectivity index (χ2v) is 6.42. The number of carboxylic acids is 1. The molecular weight excluding hydrogens is 298 g/mol. The van der Waals surface area contributed by atoms with Crippen molar-refractivity contribution in [3.63, 3.8) is 0 Å². The normalized spacial score (nSPS) is 12.3. The Balaban J connectivity index is 3.26. The fourth-order valence-corrected chi connectivity index (χ4v) is 3.41. The lowest BCUT2D eigenvalue weighted by Gasteiger charge is -2.30. The van der Waals surface area contributed by atoms with Gasteiger partial charge in [-0.15, -0.1) is 0 Å². The maximum atomic E-state index is 12.3. The van der Waals surface area contributed by atoms with Crippen LogP contribution in [0.15, 0.2) is 23.1 Å². The van der Waals surface area contributed by atoms with Crippen molar-refractivity contribution in [2.75, 3.05) is 6.61 Å². The Morgan fingerprint density at radius 1 is 1.29 bits per heavy atom. The number of aromatic hydroxyl groups is 1. The van der Waals surface area contributed by atoms with Gasteiger partial charge in [0.05, 0.1) is 17.0 Å². The summed E-state index contributed by atoms with van der Waals surface area (Å²) in [6, 6.07) is 3.00. The van der Waals surface area contributed by atoms with Crippen molar-refractivity contribution in [3.8, 4) is 5.75 Å². The molecule has 0 fully saturated rings. The third kappa shape index (κ3) is 3.72. The smallest absolute Gasteiger partial charge is 0.339 e. The molecule has 8 heteroatoms. The van der Waals surface area contributed by atoms with Crippen molar-refractivity contribution in [1.82, 2.24) is 4.72 Å². The van der Waals surface area contributed by atoms with Crippen LogP contribution in [0.2, 0.25) is 0 Å². The molecule has 0 aliphatic heterocycles. The highest BCUT2D eigenvalue weighted by molar-refractivity contribution is 7.89. The minimum Gasteiger partial charge on any atom is -0.507 e. The molecule has 0 bridgehead atoms. The van der Waals surface area contributed by atoms with E-state index in [1.165, 1.54) is 0 Å². The molecule has 1 aromatic carbocycles. The van der Waals surface area contributed by atoms with Crippen molar-refractivity contribution in [2.45, 2.75) is 37.1 Å². The Hall–Kier alpha value is -1.64. The number of aliphatic hydroxyl groups excluding tert-OH is 1. The van der Waals surface area contributed by atoms with Gasteiger partial charge in [-0.1, -0.05) is 13.8 Å². The van der Waals surface area contributed by atoms with Gasteiger partial charge in [0.2, 0.25) is 10.0 Å². The number of aromatic carboxylic acids is 1. The third-order valence-electron chi connectivity index (χ3n) is 3.52. The molecule has 0 saturated heterocycles. The number of hydrogen-bond donors (Lipinski definition) is 4. The van der Waals surface area contributed by atoms with Gasteiger partial charge < -0.3 is 15.3 Å². The summed E-state index contributed by atoms with van der Waals surface area (Å²) in [4.78, 5) is 10.7. The van der Waals surface area contributed by atoms with E-state index in [0.717, 1.165) is 18.2 Å². The fourth-order valence-electron chi connectivity index (χ4n) is 1.85. The number of phenols is 1. The molecule has 0 atom stereocenters. The lowest BCUT2D eigenvalue weighted by Crippen LogP contribution is -2.50. The van der Waals surface area contributed by atoms with Gasteiger partial charge in [0.1, 0.15) is 11.3 Å². The van der Waals surface area contributed by atoms with Gasteiger partial charge in [-0.2, -0.15) is 0 Å². The first-order valence-corrected chi connectivity index (χ1v) is 7.91. The average molecular weight is 317 g/mol. The average Bonchev–Trinajstić information content (AvgIpc) is 2.44. The summed E-state index contributed by atoms with van der Waals surface area (Å²) >= 11 is 0. The number of aliphatic hydroxyl groups is 1. The highest BCUT2D eigenvalue weighted by Gasteiger charge is 2.32. The topological polar surface area (TPSA) is 124 Å². The van der Waals surface area contributed by atoms with E-state index in [-0.39, 0.29) is 11.5 Å². The molecule has 0 amide bonds. The second kappa shape index (κ2) is 6.42. The van der Waals surface area contributed by atoms with Gasteiger partial charge in [0, 0.05) is 0 Å². The summed E-state index contributed by atoms with van der Waals surface area (Å²) in [6.45, 7) is 3.10. The summed E-state index contributed by atoms with van der Waals surface area (Å²) in [5.41, 5.74) is -1.50. The van der Waals surface area contributed by atoms with Crippen LogP contribution >= 0.6 is 0 Å². The first-order chi connectivity index (χ1) is 9.71. The molecule has 0 heterocycles. The van der Waals surface area contributed by atoms with Crippen LogP contribution in [0.3, 0.4) is 0 Å². The zero-order chi connectivity index (χ0) is 16.3. The molecule has 0 saturated carbocycles. The maximum absolute atomic E-state index is 12.3. The molecule has 0 spiro atoms. The standard InChI is InChI=1S/C13H19NO6S/c1-3-13(4-2,8-15)14-21(19,20)9-5-6-11(16)10(7-9)12(17)18/h5-7,14-16H,3-4,8H2,1-2H3,(H,17,18). The number of nitrogens with one attached hydrogen (secondary N) is 1. The highest BCUT2D eigenvalue weighted by atomic mass is 32.2. The lowest BCUT2D eigenvalue weighted by molar-refractivity contribution is 0.0693. The van der Waals surface area contributed by atoms with E-state index in [1.54, 1.807) is 13.8 Å². The molecule has 4 N–H and O–H groups in total. The first kappa shape index (κ1) is 17.4. The molecule has 118 valence electrons. The van der Waals surface area contributed by atoms with Gasteiger partial charge in [-0.05, 0) is 31.0 Å². The van der Waals surface area contributed by atoms with Gasteiger partial charge >= 0.3 is 5.97 Å². The Kier molecular flexibility index (Phi) is 5.32. The van der Waals surface area contributed by atoms with Crippen LogP contribution < -0.4 is 4.72 Å². The Bertz CT molecular complexity index is 613. The summed E-state index contributed by atoms with van der Waals surface area (Å²) in [5.74, 6) is -1.94. The summed E-state index contributed by atoms with van der Waals surface area (Å²) < 4.78 is 27.0. The fraction of sp³-hybridized carbons (Fsp3) is 0.462. The molecule has 0 aliphatic carbocycles. The Morgan fingerprint density at radius 2 is 1.86 bits per heavy atom. The predicted octanol–water partition coefficient (Wildman–Crippen LogP) is 0.920. The van der Waals surface area contributed by atoms with E-state index in [9.17, 15) is 23.4 Å². The molecule has 0 aromatic heterocycles. The number of benzene rings is 1. The minimum atomic E-state index is -4.01. The van der Waals surface area contributed by atoms with E-state index >= 15 is 0 Å². The monoisotopic (exact) mass is 317 g/mol. The van der Waals surface area contributed by atoms with Gasteiger partial charge in [-0.3, -0.25) is 0 Å². The minimum absolute atomic E-state index is 0.280. The molecule has 7 nitrogen and oxygen atoms in total. The predicted molar refractivity (Wildman–Crippen MR) is 75.8 cm³/mol. The Morgan fingerprint density at radius 3 is 2.29 bits per heavy atom. The van der Waals surface area contributed by atoms with Gasteiger partial charge in [-0.25, -0.2) is 17.9 Å². The van der Waals surface area contributed by atoms with Crippen LogP contribution in [0.4, 0.5) is 0 Å². The summed E-state index contributed by atoms with van der Waals surface area (Å²) in [7, 11) is -4.01. The summed E-state index contributed by atoms with van der Waals surface area (Å²) in [6.07, 6.45) is 0.756. The van der Waals surface area contributed by atoms with Crippen molar-refractivity contribution in [2.24, 2.45) is 0 Å². The Labute approximate surface area is 123 Å². The molecule has 0 radical (unpaired) electrons. The molecule has 1 rings (SSSR count). The van der Waals surface area contributed by atoms with E-state index < -0.39 is 32.8 Å². The van der Waals surface area contributed by atoms with E-state index in [4.69, 9.17) is 5.11 Å². The van der Waals surface area contributed by atoms with Crippen molar-refractivity contribution < 1.29 is 28.5 Å². The van der Waals surface area contributed by atoms with Gasteiger partial charge in [0.15, 0.2) is 0 Å². The van der Waals surface area contributed by atoms with Crippen LogP contribution in [0.25, 0.3) is 0 Å². The van der Waals surface area contributed by atoms with Crippen molar-refractivity contribution in [3.05, 3.63) is 23.8 Å². The van der Waals surface area contributed by atoms with Gasteiger partial charge in [0.25, 0.3) is 0 Å². The van der Waals surface area contributed by atoms with E-state index in [1.807, 2.05) is 0 Å². The SMILES string of the molecule is CCC(CC)(CO)NS(=O)(=O)c1ccc(O)c(C(=O)O)c1. The molecule has 0 aliphatic rings. The molecular formula is C13H19NO6S. The number of sulfonamides is 1. The first-order valence-electron chi connectivity index (χ1n) is 6.42. The number of carboxylic acid groups (broad SMARTS) is 1. The van der Waals surface area contributed by atoms with Crippen molar-refractivity contribution in [1.29, 1.82) is 0 Å². The third-order valence-corrected chi connectivity index (χ3v) is 5.09. The second-order valence-electron chi connectivity index (χ2n) is 4.74. The zero-order valence-electron chi connectivity index (χ0n) is 11.8. The van der Waals surface area contributed by atoms with Crippen LogP contribution in [-0.2, 0) is 10.0 Å². The maximum Gasteiger partial charge on any atom is 0.339 e. The van der Waals surface area contributed by atoms with Crippen LogP contribution in [-0.4, -0.2) is 41.9 Å². The zero-order valence-corrected chi connectivity index (χ0v) is 12.6. The quantitative estimate of drug-likeness (QED) is 0.593. The van der Waals surface area contributed by atoms with E-state index in [0.29, 0.717) is 12.8 Å². The molecule has 21 heavy (non-hydrogen) atoms.